The minimum absolute atomic E-state index is 0.0762. The molecule has 6 nitrogen and oxygen atoms in total. The first kappa shape index (κ1) is 25.5. The van der Waals surface area contributed by atoms with Gasteiger partial charge in [-0.05, 0) is 101 Å². The van der Waals surface area contributed by atoms with Crippen molar-refractivity contribution in [3.63, 3.8) is 0 Å². The van der Waals surface area contributed by atoms with E-state index in [4.69, 9.17) is 9.84 Å². The van der Waals surface area contributed by atoms with Crippen molar-refractivity contribution in [1.82, 2.24) is 20.0 Å². The van der Waals surface area contributed by atoms with Gasteiger partial charge in [0.2, 0.25) is 0 Å². The highest BCUT2D eigenvalue weighted by atomic mass is 16.5. The number of carbonyl (C=O) groups excluding carboxylic acids is 1. The maximum atomic E-state index is 13.3. The number of ether oxygens (including phenoxy) is 1. The zero-order chi connectivity index (χ0) is 24.7. The first-order chi connectivity index (χ1) is 16.4. The summed E-state index contributed by atoms with van der Waals surface area (Å²) >= 11 is 0. The molecule has 182 valence electrons. The number of rotatable bonds is 11. The quantitative estimate of drug-likeness (QED) is 0.414. The lowest BCUT2D eigenvalue weighted by molar-refractivity contribution is 0.0929. The molecule has 1 N–H and O–H groups in total. The summed E-state index contributed by atoms with van der Waals surface area (Å²) in [6.45, 7) is 13.8. The smallest absolute Gasteiger partial charge is 0.270 e. The molecule has 0 aliphatic rings. The van der Waals surface area contributed by atoms with Gasteiger partial charge in [-0.15, -0.1) is 0 Å². The molecule has 0 aliphatic carbocycles. The topological polar surface area (TPSA) is 59.4 Å². The molecule has 6 heteroatoms. The van der Waals surface area contributed by atoms with Crippen LogP contribution >= 0.6 is 0 Å². The van der Waals surface area contributed by atoms with Crippen LogP contribution in [0.25, 0.3) is 16.9 Å². The molecule has 1 amide bonds. The maximum absolute atomic E-state index is 13.3. The summed E-state index contributed by atoms with van der Waals surface area (Å²) in [7, 11) is 1.64. The Balaban J connectivity index is 1.85. The molecule has 0 aliphatic heterocycles. The normalized spacial score (nSPS) is 12.1. The molecule has 1 unspecified atom stereocenters. The average molecular weight is 463 g/mol. The lowest BCUT2D eigenvalue weighted by Gasteiger charge is -2.20. The molecular formula is C28H38N4O2. The molecule has 1 heterocycles. The van der Waals surface area contributed by atoms with E-state index in [0.29, 0.717) is 5.69 Å². The molecule has 3 aromatic rings. The summed E-state index contributed by atoms with van der Waals surface area (Å²) in [5.74, 6) is 0.645. The third-order valence-corrected chi connectivity index (χ3v) is 6.45. The number of nitrogens with one attached hydrogen (secondary N) is 1. The molecule has 0 fully saturated rings. The molecule has 1 aromatic heterocycles. The number of carbonyl (C=O) groups is 1. The highest BCUT2D eigenvalue weighted by Gasteiger charge is 2.19. The second-order valence-corrected chi connectivity index (χ2v) is 8.87. The van der Waals surface area contributed by atoms with Crippen LogP contribution in [0.4, 0.5) is 0 Å². The van der Waals surface area contributed by atoms with Crippen molar-refractivity contribution in [2.45, 2.75) is 53.5 Å². The Hall–Kier alpha value is -3.12. The SMILES string of the molecule is CCN(CC)CCCC(C)NC(=O)c1cc(-c2ccc(C)c(C)c2)nn1-c1ccc(OC)cc1. The summed E-state index contributed by atoms with van der Waals surface area (Å²) in [5, 5.41) is 8.00. The van der Waals surface area contributed by atoms with Crippen molar-refractivity contribution in [1.29, 1.82) is 0 Å². The van der Waals surface area contributed by atoms with Crippen molar-refractivity contribution in [2.75, 3.05) is 26.7 Å². The van der Waals surface area contributed by atoms with E-state index in [0.717, 1.165) is 55.2 Å². The standard InChI is InChI=1S/C28H38N4O2/c1-7-31(8-2)17-9-10-22(5)29-28(33)27-19-26(23-12-11-20(3)21(4)18-23)30-32(27)24-13-15-25(34-6)16-14-24/h11-16,18-19,22H,7-10,17H2,1-6H3,(H,29,33). The van der Waals surface area contributed by atoms with E-state index >= 15 is 0 Å². The highest BCUT2D eigenvalue weighted by Crippen LogP contribution is 2.25. The van der Waals surface area contributed by atoms with E-state index < -0.39 is 0 Å². The van der Waals surface area contributed by atoms with Crippen molar-refractivity contribution < 1.29 is 9.53 Å². The zero-order valence-electron chi connectivity index (χ0n) is 21.4. The Bertz CT molecular complexity index is 1080. The average Bonchev–Trinajstić information content (AvgIpc) is 3.29. The predicted molar refractivity (Wildman–Crippen MR) is 139 cm³/mol. The van der Waals surface area contributed by atoms with Gasteiger partial charge in [0.25, 0.3) is 5.91 Å². The lowest BCUT2D eigenvalue weighted by Crippen LogP contribution is -2.34. The van der Waals surface area contributed by atoms with Gasteiger partial charge in [0, 0.05) is 11.6 Å². The first-order valence-corrected chi connectivity index (χ1v) is 12.2. The number of amides is 1. The summed E-state index contributed by atoms with van der Waals surface area (Å²) in [6, 6.07) is 15.8. The largest absolute Gasteiger partial charge is 0.497 e. The minimum atomic E-state index is -0.117. The Morgan fingerprint density at radius 1 is 1.06 bits per heavy atom. The van der Waals surface area contributed by atoms with E-state index in [2.05, 4.69) is 63.0 Å². The van der Waals surface area contributed by atoms with Crippen LogP contribution in [0.5, 0.6) is 5.75 Å². The summed E-state index contributed by atoms with van der Waals surface area (Å²) in [4.78, 5) is 15.7. The zero-order valence-corrected chi connectivity index (χ0v) is 21.4. The Morgan fingerprint density at radius 2 is 1.76 bits per heavy atom. The van der Waals surface area contributed by atoms with Crippen molar-refractivity contribution in [3.8, 4) is 22.7 Å². The molecule has 0 saturated carbocycles. The maximum Gasteiger partial charge on any atom is 0.270 e. The fourth-order valence-electron chi connectivity index (χ4n) is 4.04. The summed E-state index contributed by atoms with van der Waals surface area (Å²) in [5.41, 5.74) is 5.54. The van der Waals surface area contributed by atoms with Gasteiger partial charge in [-0.3, -0.25) is 4.79 Å². The molecule has 0 spiro atoms. The monoisotopic (exact) mass is 462 g/mol. The molecule has 0 radical (unpaired) electrons. The van der Waals surface area contributed by atoms with Crippen LogP contribution < -0.4 is 10.1 Å². The van der Waals surface area contributed by atoms with Crippen molar-refractivity contribution in [3.05, 3.63) is 65.4 Å². The Morgan fingerprint density at radius 3 is 2.38 bits per heavy atom. The van der Waals surface area contributed by atoms with Crippen LogP contribution in [0.2, 0.25) is 0 Å². The van der Waals surface area contributed by atoms with Gasteiger partial charge in [-0.25, -0.2) is 4.68 Å². The van der Waals surface area contributed by atoms with E-state index in [9.17, 15) is 4.79 Å². The fourth-order valence-corrected chi connectivity index (χ4v) is 4.04. The minimum Gasteiger partial charge on any atom is -0.497 e. The van der Waals surface area contributed by atoms with E-state index in [1.54, 1.807) is 11.8 Å². The van der Waals surface area contributed by atoms with Crippen molar-refractivity contribution in [2.24, 2.45) is 0 Å². The summed E-state index contributed by atoms with van der Waals surface area (Å²) < 4.78 is 7.02. The third-order valence-electron chi connectivity index (χ3n) is 6.45. The van der Waals surface area contributed by atoms with Crippen LogP contribution in [-0.2, 0) is 0 Å². The van der Waals surface area contributed by atoms with Gasteiger partial charge in [0.15, 0.2) is 0 Å². The van der Waals surface area contributed by atoms with Crippen molar-refractivity contribution >= 4 is 5.91 Å². The first-order valence-electron chi connectivity index (χ1n) is 12.2. The number of hydrogen-bond donors (Lipinski definition) is 1. The second-order valence-electron chi connectivity index (χ2n) is 8.87. The second kappa shape index (κ2) is 11.8. The van der Waals surface area contributed by atoms with Crippen LogP contribution in [0.1, 0.15) is 55.2 Å². The molecule has 34 heavy (non-hydrogen) atoms. The van der Waals surface area contributed by atoms with E-state index in [1.807, 2.05) is 30.3 Å². The van der Waals surface area contributed by atoms with E-state index in [1.165, 1.54) is 11.1 Å². The molecule has 0 saturated heterocycles. The van der Waals surface area contributed by atoms with Gasteiger partial charge >= 0.3 is 0 Å². The molecular weight excluding hydrogens is 424 g/mol. The number of hydrogen-bond acceptors (Lipinski definition) is 4. The molecule has 1 atom stereocenters. The van der Waals surface area contributed by atoms with Gasteiger partial charge in [-0.2, -0.15) is 5.10 Å². The van der Waals surface area contributed by atoms with Crippen LogP contribution in [0, 0.1) is 13.8 Å². The lowest BCUT2D eigenvalue weighted by atomic mass is 10.0. The van der Waals surface area contributed by atoms with Gasteiger partial charge in [0.05, 0.1) is 18.5 Å². The van der Waals surface area contributed by atoms with Crippen LogP contribution in [-0.4, -0.2) is 53.4 Å². The third kappa shape index (κ3) is 6.26. The fraction of sp³-hybridized carbons (Fsp3) is 0.429. The predicted octanol–water partition coefficient (Wildman–Crippen LogP) is 5.41. The van der Waals surface area contributed by atoms with Gasteiger partial charge in [0.1, 0.15) is 11.4 Å². The Labute approximate surface area is 203 Å². The Kier molecular flexibility index (Phi) is 8.88. The molecule has 3 rings (SSSR count). The van der Waals surface area contributed by atoms with Crippen LogP contribution in [0.3, 0.4) is 0 Å². The summed E-state index contributed by atoms with van der Waals surface area (Å²) in [6.07, 6.45) is 1.98. The highest BCUT2D eigenvalue weighted by molar-refractivity contribution is 5.94. The van der Waals surface area contributed by atoms with Crippen LogP contribution in [0.15, 0.2) is 48.5 Å². The molecule has 2 aromatic carbocycles. The van der Waals surface area contributed by atoms with Gasteiger partial charge in [-0.1, -0.05) is 26.0 Å². The number of aromatic nitrogens is 2. The number of benzene rings is 2. The number of methoxy groups -OCH3 is 1. The molecule has 0 bridgehead atoms. The van der Waals surface area contributed by atoms with Gasteiger partial charge < -0.3 is 15.0 Å². The van der Waals surface area contributed by atoms with E-state index in [-0.39, 0.29) is 11.9 Å². The number of aryl methyl sites for hydroxylation is 2. The number of nitrogens with zero attached hydrogens (tertiary/aromatic N) is 3.